The minimum absolute atomic E-state index is 0.0488. The molecule has 1 fully saturated rings. The Morgan fingerprint density at radius 1 is 1.26 bits per heavy atom. The van der Waals surface area contributed by atoms with Gasteiger partial charge >= 0.3 is 12.3 Å². The molecule has 0 aliphatic carbocycles. The molecule has 1 saturated heterocycles. The van der Waals surface area contributed by atoms with Crippen LogP contribution < -0.4 is 4.74 Å². The van der Waals surface area contributed by atoms with E-state index in [1.807, 2.05) is 0 Å². The average molecular weight is 331 g/mol. The summed E-state index contributed by atoms with van der Waals surface area (Å²) in [5, 5.41) is 8.91. The lowest BCUT2D eigenvalue weighted by atomic mass is 9.96. The van der Waals surface area contributed by atoms with Gasteiger partial charge in [0.15, 0.2) is 0 Å². The number of hydrogen-bond acceptors (Lipinski definition) is 3. The lowest BCUT2D eigenvalue weighted by Gasteiger charge is -2.30. The highest BCUT2D eigenvalue weighted by Crippen LogP contribution is 2.24. The summed E-state index contributed by atoms with van der Waals surface area (Å²) >= 11 is 0. The molecule has 8 heteroatoms. The molecular weight excluding hydrogens is 315 g/mol. The fraction of sp³-hybridized carbons (Fsp3) is 0.467. The molecular formula is C15H16F3NO4. The van der Waals surface area contributed by atoms with E-state index >= 15 is 0 Å². The Hall–Kier alpha value is -2.25. The van der Waals surface area contributed by atoms with Crippen LogP contribution in [0.15, 0.2) is 24.3 Å². The second-order valence-corrected chi connectivity index (χ2v) is 5.37. The summed E-state index contributed by atoms with van der Waals surface area (Å²) in [6.07, 6.45) is -4.05. The molecule has 5 nitrogen and oxygen atoms in total. The van der Waals surface area contributed by atoms with E-state index in [1.54, 1.807) is 6.07 Å². The molecule has 1 N–H and O–H groups in total. The third kappa shape index (κ3) is 5.15. The summed E-state index contributed by atoms with van der Waals surface area (Å²) in [5.74, 6) is -1.91. The van der Waals surface area contributed by atoms with E-state index in [2.05, 4.69) is 4.74 Å². The predicted octanol–water partition coefficient (Wildman–Crippen LogP) is 2.45. The highest BCUT2D eigenvalue weighted by atomic mass is 19.4. The minimum atomic E-state index is -4.78. The highest BCUT2D eigenvalue weighted by molar-refractivity contribution is 5.79. The van der Waals surface area contributed by atoms with Crippen molar-refractivity contribution >= 4 is 11.9 Å². The third-order valence-electron chi connectivity index (χ3n) is 3.68. The Morgan fingerprint density at radius 3 is 2.48 bits per heavy atom. The van der Waals surface area contributed by atoms with Crippen molar-refractivity contribution in [1.29, 1.82) is 0 Å². The maximum absolute atomic E-state index is 12.2. The largest absolute Gasteiger partial charge is 0.573 e. The van der Waals surface area contributed by atoms with Crippen molar-refractivity contribution in [1.82, 2.24) is 4.90 Å². The monoisotopic (exact) mass is 331 g/mol. The van der Waals surface area contributed by atoms with E-state index in [9.17, 15) is 22.8 Å². The first kappa shape index (κ1) is 17.1. The number of halogens is 3. The first-order valence-electron chi connectivity index (χ1n) is 7.10. The second-order valence-electron chi connectivity index (χ2n) is 5.37. The number of aliphatic carboxylic acids is 1. The predicted molar refractivity (Wildman–Crippen MR) is 73.8 cm³/mol. The molecule has 23 heavy (non-hydrogen) atoms. The second kappa shape index (κ2) is 6.89. The van der Waals surface area contributed by atoms with Gasteiger partial charge in [0.2, 0.25) is 5.91 Å². The fourth-order valence-corrected chi connectivity index (χ4v) is 2.51. The van der Waals surface area contributed by atoms with Crippen LogP contribution in [0, 0.1) is 5.92 Å². The fourth-order valence-electron chi connectivity index (χ4n) is 2.51. The summed E-state index contributed by atoms with van der Waals surface area (Å²) in [5.41, 5.74) is 0.414. The highest BCUT2D eigenvalue weighted by Gasteiger charge is 2.31. The number of carboxylic acids is 1. The summed E-state index contributed by atoms with van der Waals surface area (Å²) in [6.45, 7) is 0.684. The van der Waals surface area contributed by atoms with Crippen LogP contribution in [0.25, 0.3) is 0 Å². The van der Waals surface area contributed by atoms with Crippen molar-refractivity contribution < 1.29 is 32.6 Å². The van der Waals surface area contributed by atoms with Gasteiger partial charge in [0.25, 0.3) is 0 Å². The molecule has 0 atom stereocenters. The normalized spacial score (nSPS) is 16.2. The molecule has 1 amide bonds. The first-order chi connectivity index (χ1) is 10.7. The molecule has 1 aromatic carbocycles. The Balaban J connectivity index is 1.93. The van der Waals surface area contributed by atoms with Gasteiger partial charge in [0.1, 0.15) is 5.75 Å². The van der Waals surface area contributed by atoms with Gasteiger partial charge in [0, 0.05) is 13.1 Å². The minimum Gasteiger partial charge on any atom is -0.481 e. The number of hydrogen-bond donors (Lipinski definition) is 1. The van der Waals surface area contributed by atoms with Gasteiger partial charge in [0.05, 0.1) is 12.3 Å². The Kier molecular flexibility index (Phi) is 5.12. The number of nitrogens with zero attached hydrogens (tertiary/aromatic N) is 1. The summed E-state index contributed by atoms with van der Waals surface area (Å²) in [6, 6.07) is 5.28. The number of benzene rings is 1. The SMILES string of the molecule is O=C(O)C1CCN(C(=O)Cc2cccc(OC(F)(F)F)c2)CC1. The van der Waals surface area contributed by atoms with Crippen LogP contribution in [0.1, 0.15) is 18.4 Å². The van der Waals surface area contributed by atoms with Gasteiger partial charge in [-0.15, -0.1) is 13.2 Å². The number of carbonyl (C=O) groups is 2. The maximum atomic E-state index is 12.2. The van der Waals surface area contributed by atoms with Crippen LogP contribution in [0.5, 0.6) is 5.75 Å². The zero-order valence-electron chi connectivity index (χ0n) is 12.2. The van der Waals surface area contributed by atoms with Crippen molar-refractivity contribution in [3.8, 4) is 5.75 Å². The molecule has 2 rings (SSSR count). The Bertz CT molecular complexity index is 580. The lowest BCUT2D eigenvalue weighted by Crippen LogP contribution is -2.40. The molecule has 126 valence electrons. The quantitative estimate of drug-likeness (QED) is 0.920. The molecule has 0 spiro atoms. The molecule has 0 aromatic heterocycles. The van der Waals surface area contributed by atoms with Gasteiger partial charge in [-0.05, 0) is 30.5 Å². The van der Waals surface area contributed by atoms with Gasteiger partial charge < -0.3 is 14.7 Å². The number of rotatable bonds is 4. The molecule has 1 heterocycles. The van der Waals surface area contributed by atoms with Crippen molar-refractivity contribution in [3.63, 3.8) is 0 Å². The van der Waals surface area contributed by atoms with E-state index in [0.717, 1.165) is 0 Å². The third-order valence-corrected chi connectivity index (χ3v) is 3.68. The topological polar surface area (TPSA) is 66.8 Å². The molecule has 0 saturated carbocycles. The van der Waals surface area contributed by atoms with Gasteiger partial charge in [-0.2, -0.15) is 0 Å². The Labute approximate surface area is 130 Å². The van der Waals surface area contributed by atoms with Crippen molar-refractivity contribution in [3.05, 3.63) is 29.8 Å². The van der Waals surface area contributed by atoms with Crippen LogP contribution in [0.4, 0.5) is 13.2 Å². The smallest absolute Gasteiger partial charge is 0.481 e. The van der Waals surface area contributed by atoms with Crippen molar-refractivity contribution in [2.45, 2.75) is 25.6 Å². The molecule has 0 unspecified atom stereocenters. The number of carbonyl (C=O) groups excluding carboxylic acids is 1. The van der Waals surface area contributed by atoms with Gasteiger partial charge in [-0.1, -0.05) is 12.1 Å². The standard InChI is InChI=1S/C15H16F3NO4/c16-15(17,18)23-12-3-1-2-10(8-12)9-13(20)19-6-4-11(5-7-19)14(21)22/h1-3,8,11H,4-7,9H2,(H,21,22). The summed E-state index contributed by atoms with van der Waals surface area (Å²) in [4.78, 5) is 24.6. The van der Waals surface area contributed by atoms with Crippen LogP contribution in [-0.2, 0) is 16.0 Å². The van der Waals surface area contributed by atoms with E-state index in [-0.39, 0.29) is 18.1 Å². The van der Waals surface area contributed by atoms with E-state index in [4.69, 9.17) is 5.11 Å². The molecule has 1 aliphatic heterocycles. The van der Waals surface area contributed by atoms with Crippen LogP contribution in [-0.4, -0.2) is 41.3 Å². The zero-order valence-corrected chi connectivity index (χ0v) is 12.2. The van der Waals surface area contributed by atoms with E-state index in [0.29, 0.717) is 31.5 Å². The number of carboxylic acid groups (broad SMARTS) is 1. The first-order valence-corrected chi connectivity index (χ1v) is 7.10. The molecule has 1 aliphatic rings. The van der Waals surface area contributed by atoms with Gasteiger partial charge in [-0.25, -0.2) is 0 Å². The summed E-state index contributed by atoms with van der Waals surface area (Å²) in [7, 11) is 0. The Morgan fingerprint density at radius 2 is 1.91 bits per heavy atom. The average Bonchev–Trinajstić information content (AvgIpc) is 2.46. The number of amides is 1. The van der Waals surface area contributed by atoms with E-state index in [1.165, 1.54) is 23.1 Å². The number of likely N-dealkylation sites (tertiary alicyclic amines) is 1. The van der Waals surface area contributed by atoms with Crippen LogP contribution in [0.3, 0.4) is 0 Å². The zero-order chi connectivity index (χ0) is 17.0. The van der Waals surface area contributed by atoms with E-state index < -0.39 is 18.2 Å². The van der Waals surface area contributed by atoms with Crippen LogP contribution >= 0.6 is 0 Å². The van der Waals surface area contributed by atoms with Gasteiger partial charge in [-0.3, -0.25) is 9.59 Å². The van der Waals surface area contributed by atoms with Crippen molar-refractivity contribution in [2.75, 3.05) is 13.1 Å². The number of piperidine rings is 1. The maximum Gasteiger partial charge on any atom is 0.573 e. The van der Waals surface area contributed by atoms with Crippen molar-refractivity contribution in [2.24, 2.45) is 5.92 Å². The molecule has 1 aromatic rings. The lowest BCUT2D eigenvalue weighted by molar-refractivity contribution is -0.274. The molecule has 0 radical (unpaired) electrons. The summed E-state index contributed by atoms with van der Waals surface area (Å²) < 4.78 is 40.4. The molecule has 0 bridgehead atoms. The number of ether oxygens (including phenoxy) is 1. The number of alkyl halides is 3. The van der Waals surface area contributed by atoms with Crippen LogP contribution in [0.2, 0.25) is 0 Å².